The highest BCUT2D eigenvalue weighted by Crippen LogP contribution is 2.60. The van der Waals surface area contributed by atoms with Crippen molar-refractivity contribution >= 4 is 5.91 Å². The molecule has 5 aliphatic rings. The summed E-state index contributed by atoms with van der Waals surface area (Å²) in [5, 5.41) is 0. The van der Waals surface area contributed by atoms with E-state index in [1.165, 1.54) is 30.4 Å². The van der Waals surface area contributed by atoms with E-state index in [1.807, 2.05) is 0 Å². The van der Waals surface area contributed by atoms with Crippen LogP contribution in [0.1, 0.15) is 49.7 Å². The van der Waals surface area contributed by atoms with E-state index in [-0.39, 0.29) is 5.41 Å². The third-order valence-corrected chi connectivity index (χ3v) is 7.50. The number of methoxy groups -OCH3 is 2. The molecule has 1 aliphatic heterocycles. The van der Waals surface area contributed by atoms with Crippen LogP contribution in [0.25, 0.3) is 0 Å². The van der Waals surface area contributed by atoms with Gasteiger partial charge in [0.05, 0.1) is 19.6 Å². The normalized spacial score (nSPS) is 34.5. The Morgan fingerprint density at radius 3 is 2.04 bits per heavy atom. The number of hydrogen-bond donors (Lipinski definition) is 0. The number of benzene rings is 1. The van der Waals surface area contributed by atoms with Crippen LogP contribution < -0.4 is 9.47 Å². The zero-order valence-corrected chi connectivity index (χ0v) is 15.9. The van der Waals surface area contributed by atoms with Gasteiger partial charge in [-0.05, 0) is 86.0 Å². The molecule has 0 spiro atoms. The molecule has 4 aliphatic carbocycles. The number of carbonyl (C=O) groups excluding carboxylic acids is 1. The van der Waals surface area contributed by atoms with Gasteiger partial charge in [0.15, 0.2) is 11.5 Å². The number of carbonyl (C=O) groups is 1. The lowest BCUT2D eigenvalue weighted by molar-refractivity contribution is -0.158. The summed E-state index contributed by atoms with van der Waals surface area (Å²) >= 11 is 0. The zero-order chi connectivity index (χ0) is 17.9. The summed E-state index contributed by atoms with van der Waals surface area (Å²) in [6.07, 6.45) is 8.49. The predicted octanol–water partition coefficient (Wildman–Crippen LogP) is 3.80. The first-order valence-electron chi connectivity index (χ1n) is 10.1. The van der Waals surface area contributed by atoms with Gasteiger partial charge in [0, 0.05) is 13.1 Å². The Bertz CT molecular complexity index is 706. The highest BCUT2D eigenvalue weighted by molar-refractivity contribution is 5.83. The van der Waals surface area contributed by atoms with Crippen LogP contribution in [0.2, 0.25) is 0 Å². The van der Waals surface area contributed by atoms with Crippen LogP contribution in [0.15, 0.2) is 12.1 Å². The second-order valence-corrected chi connectivity index (χ2v) is 9.15. The molecule has 4 saturated carbocycles. The van der Waals surface area contributed by atoms with Crippen molar-refractivity contribution in [1.82, 2.24) is 4.90 Å². The molecule has 140 valence electrons. The monoisotopic (exact) mass is 355 g/mol. The average molecular weight is 355 g/mol. The second-order valence-electron chi connectivity index (χ2n) is 9.15. The van der Waals surface area contributed by atoms with Crippen molar-refractivity contribution in [3.63, 3.8) is 0 Å². The minimum absolute atomic E-state index is 0.0389. The van der Waals surface area contributed by atoms with E-state index in [0.717, 1.165) is 68.0 Å². The minimum atomic E-state index is -0.0389. The molecule has 0 radical (unpaired) electrons. The molecular weight excluding hydrogens is 326 g/mol. The van der Waals surface area contributed by atoms with Gasteiger partial charge < -0.3 is 14.4 Å². The van der Waals surface area contributed by atoms with Crippen LogP contribution in [0, 0.1) is 23.2 Å². The van der Waals surface area contributed by atoms with Crippen molar-refractivity contribution in [3.8, 4) is 11.5 Å². The summed E-state index contributed by atoms with van der Waals surface area (Å²) in [5.41, 5.74) is 2.47. The molecule has 0 N–H and O–H groups in total. The predicted molar refractivity (Wildman–Crippen MR) is 99.3 cm³/mol. The van der Waals surface area contributed by atoms with Gasteiger partial charge in [0.1, 0.15) is 0 Å². The summed E-state index contributed by atoms with van der Waals surface area (Å²) in [6.45, 7) is 1.55. The second kappa shape index (κ2) is 5.90. The van der Waals surface area contributed by atoms with Crippen molar-refractivity contribution in [3.05, 3.63) is 23.3 Å². The summed E-state index contributed by atoms with van der Waals surface area (Å²) < 4.78 is 10.9. The highest BCUT2D eigenvalue weighted by Gasteiger charge is 2.55. The Balaban J connectivity index is 1.40. The molecule has 6 rings (SSSR count). The molecule has 0 atom stereocenters. The molecule has 0 aromatic heterocycles. The first-order chi connectivity index (χ1) is 12.6. The number of rotatable bonds is 3. The summed E-state index contributed by atoms with van der Waals surface area (Å²) in [4.78, 5) is 15.7. The molecule has 26 heavy (non-hydrogen) atoms. The lowest BCUT2D eigenvalue weighted by atomic mass is 9.49. The molecule has 4 heteroatoms. The number of ether oxygens (including phenoxy) is 2. The van der Waals surface area contributed by atoms with Crippen LogP contribution in [0.4, 0.5) is 0 Å². The molecule has 0 saturated heterocycles. The fraction of sp³-hybridized carbons (Fsp3) is 0.682. The molecule has 1 heterocycles. The standard InChI is InChI=1S/C22H29NO3/c1-25-19-8-17-3-4-23(13-18(17)9-20(19)26-2)21(24)22-10-14-5-15(11-22)7-16(6-14)12-22/h8-9,14-16H,3-7,10-13H2,1-2H3. The number of fused-ring (bicyclic) bond motifs is 1. The number of nitrogens with zero attached hydrogens (tertiary/aromatic N) is 1. The Kier molecular flexibility index (Phi) is 3.74. The molecule has 0 unspecified atom stereocenters. The van der Waals surface area contributed by atoms with E-state index >= 15 is 0 Å². The molecular formula is C22H29NO3. The topological polar surface area (TPSA) is 38.8 Å². The van der Waals surface area contributed by atoms with Crippen molar-refractivity contribution in [1.29, 1.82) is 0 Å². The van der Waals surface area contributed by atoms with Gasteiger partial charge in [-0.2, -0.15) is 0 Å². The van der Waals surface area contributed by atoms with Crippen LogP contribution in [-0.2, 0) is 17.8 Å². The van der Waals surface area contributed by atoms with Crippen LogP contribution in [0.3, 0.4) is 0 Å². The van der Waals surface area contributed by atoms with E-state index in [4.69, 9.17) is 9.47 Å². The third kappa shape index (κ3) is 2.44. The van der Waals surface area contributed by atoms with Gasteiger partial charge in [0.2, 0.25) is 5.91 Å². The molecule has 1 amide bonds. The van der Waals surface area contributed by atoms with Crippen molar-refractivity contribution in [2.45, 2.75) is 51.5 Å². The van der Waals surface area contributed by atoms with Crippen LogP contribution >= 0.6 is 0 Å². The van der Waals surface area contributed by atoms with E-state index < -0.39 is 0 Å². The minimum Gasteiger partial charge on any atom is -0.493 e. The Hall–Kier alpha value is -1.71. The van der Waals surface area contributed by atoms with Gasteiger partial charge in [0.25, 0.3) is 0 Å². The Morgan fingerprint density at radius 1 is 0.962 bits per heavy atom. The Morgan fingerprint density at radius 2 is 1.50 bits per heavy atom. The van der Waals surface area contributed by atoms with Crippen molar-refractivity contribution in [2.75, 3.05) is 20.8 Å². The van der Waals surface area contributed by atoms with E-state index in [0.29, 0.717) is 5.91 Å². The summed E-state index contributed by atoms with van der Waals surface area (Å²) in [6, 6.07) is 4.15. The van der Waals surface area contributed by atoms with E-state index in [9.17, 15) is 4.79 Å². The molecule has 4 bridgehead atoms. The summed E-state index contributed by atoms with van der Waals surface area (Å²) in [7, 11) is 3.35. The van der Waals surface area contributed by atoms with Gasteiger partial charge in [-0.1, -0.05) is 0 Å². The maximum absolute atomic E-state index is 13.6. The first kappa shape index (κ1) is 16.5. The third-order valence-electron chi connectivity index (χ3n) is 7.50. The molecule has 4 nitrogen and oxygen atoms in total. The van der Waals surface area contributed by atoms with Gasteiger partial charge in [-0.3, -0.25) is 4.79 Å². The van der Waals surface area contributed by atoms with Gasteiger partial charge in [-0.25, -0.2) is 0 Å². The van der Waals surface area contributed by atoms with E-state index in [2.05, 4.69) is 17.0 Å². The van der Waals surface area contributed by atoms with Crippen LogP contribution in [0.5, 0.6) is 11.5 Å². The SMILES string of the molecule is COc1cc2c(cc1OC)CN(C(=O)C13CC4CC(CC(C4)C1)C3)CC2. The number of hydrogen-bond acceptors (Lipinski definition) is 3. The van der Waals surface area contributed by atoms with Crippen molar-refractivity contribution < 1.29 is 14.3 Å². The van der Waals surface area contributed by atoms with Gasteiger partial charge >= 0.3 is 0 Å². The average Bonchev–Trinajstić information content (AvgIpc) is 2.64. The zero-order valence-electron chi connectivity index (χ0n) is 15.9. The highest BCUT2D eigenvalue weighted by atomic mass is 16.5. The molecule has 4 fully saturated rings. The fourth-order valence-electron chi connectivity index (χ4n) is 6.76. The first-order valence-corrected chi connectivity index (χ1v) is 10.1. The summed E-state index contributed by atoms with van der Waals surface area (Å²) in [5.74, 6) is 4.42. The lowest BCUT2D eigenvalue weighted by Crippen LogP contribution is -2.55. The number of amides is 1. The van der Waals surface area contributed by atoms with E-state index in [1.54, 1.807) is 14.2 Å². The quantitative estimate of drug-likeness (QED) is 0.828. The Labute approximate surface area is 155 Å². The lowest BCUT2D eigenvalue weighted by Gasteiger charge is -2.56. The van der Waals surface area contributed by atoms with Gasteiger partial charge in [-0.15, -0.1) is 0 Å². The molecule has 1 aromatic carbocycles. The molecule has 1 aromatic rings. The smallest absolute Gasteiger partial charge is 0.229 e. The fourth-order valence-corrected chi connectivity index (χ4v) is 6.76. The maximum atomic E-state index is 13.6. The maximum Gasteiger partial charge on any atom is 0.229 e. The van der Waals surface area contributed by atoms with Crippen molar-refractivity contribution in [2.24, 2.45) is 23.2 Å². The van der Waals surface area contributed by atoms with Crippen LogP contribution in [-0.4, -0.2) is 31.6 Å². The largest absolute Gasteiger partial charge is 0.493 e.